The van der Waals surface area contributed by atoms with Gasteiger partial charge in [-0.05, 0) is 44.2 Å². The lowest BCUT2D eigenvalue weighted by molar-refractivity contribution is -0.128. The number of morpholine rings is 1. The topological polar surface area (TPSA) is 53.6 Å². The summed E-state index contributed by atoms with van der Waals surface area (Å²) >= 11 is 1.76. The van der Waals surface area contributed by atoms with Crippen LogP contribution in [-0.2, 0) is 9.53 Å². The summed E-state index contributed by atoms with van der Waals surface area (Å²) in [6, 6.07) is 4.49. The fourth-order valence-electron chi connectivity index (χ4n) is 3.41. The molecule has 0 saturated carbocycles. The van der Waals surface area contributed by atoms with Crippen molar-refractivity contribution in [3.05, 3.63) is 22.4 Å². The SMILES string of the molecule is CC1(C(=O)NCC(c2cccs2)N2CCOCC2)CCCCN1.Cl.Cl. The summed E-state index contributed by atoms with van der Waals surface area (Å²) < 4.78 is 5.47. The number of carbonyl (C=O) groups excluding carboxylic acids is 1. The molecule has 1 amide bonds. The summed E-state index contributed by atoms with van der Waals surface area (Å²) in [5.41, 5.74) is -0.413. The first-order chi connectivity index (χ1) is 11.2. The number of hydrogen-bond donors (Lipinski definition) is 2. The van der Waals surface area contributed by atoms with Crippen molar-refractivity contribution in [1.29, 1.82) is 0 Å². The van der Waals surface area contributed by atoms with Crippen LogP contribution in [0.2, 0.25) is 0 Å². The number of nitrogens with one attached hydrogen (secondary N) is 2. The molecule has 0 aliphatic carbocycles. The molecule has 25 heavy (non-hydrogen) atoms. The molecular weight excluding hydrogens is 381 g/mol. The van der Waals surface area contributed by atoms with E-state index in [1.165, 1.54) is 4.88 Å². The van der Waals surface area contributed by atoms with E-state index in [1.807, 2.05) is 6.92 Å². The van der Waals surface area contributed by atoms with Crippen LogP contribution in [0.3, 0.4) is 0 Å². The van der Waals surface area contributed by atoms with Crippen LogP contribution in [-0.4, -0.2) is 55.7 Å². The maximum absolute atomic E-state index is 12.7. The largest absolute Gasteiger partial charge is 0.379 e. The van der Waals surface area contributed by atoms with E-state index in [-0.39, 0.29) is 36.8 Å². The van der Waals surface area contributed by atoms with Crippen LogP contribution in [0.5, 0.6) is 0 Å². The fraction of sp³-hybridized carbons (Fsp3) is 0.706. The summed E-state index contributed by atoms with van der Waals surface area (Å²) in [4.78, 5) is 16.4. The lowest BCUT2D eigenvalue weighted by Crippen LogP contribution is -2.58. The van der Waals surface area contributed by atoms with Gasteiger partial charge in [0, 0.05) is 24.5 Å². The van der Waals surface area contributed by atoms with Gasteiger partial charge in [-0.3, -0.25) is 9.69 Å². The molecular formula is C17H29Cl2N3O2S. The van der Waals surface area contributed by atoms with Gasteiger partial charge in [-0.25, -0.2) is 0 Å². The number of halogens is 2. The zero-order valence-corrected chi connectivity index (χ0v) is 17.1. The summed E-state index contributed by atoms with van der Waals surface area (Å²) in [7, 11) is 0. The molecule has 2 atom stereocenters. The van der Waals surface area contributed by atoms with Crippen molar-refractivity contribution in [3.8, 4) is 0 Å². The molecule has 0 spiro atoms. The van der Waals surface area contributed by atoms with E-state index in [0.29, 0.717) is 6.54 Å². The second kappa shape index (κ2) is 10.7. The molecule has 2 saturated heterocycles. The van der Waals surface area contributed by atoms with Crippen molar-refractivity contribution in [3.63, 3.8) is 0 Å². The molecule has 3 heterocycles. The first kappa shape index (κ1) is 22.7. The van der Waals surface area contributed by atoms with E-state index in [9.17, 15) is 4.79 Å². The van der Waals surface area contributed by atoms with Gasteiger partial charge >= 0.3 is 0 Å². The van der Waals surface area contributed by atoms with Gasteiger partial charge in [0.15, 0.2) is 0 Å². The van der Waals surface area contributed by atoms with Crippen molar-refractivity contribution >= 4 is 42.1 Å². The molecule has 5 nitrogen and oxygen atoms in total. The molecule has 2 aliphatic rings. The van der Waals surface area contributed by atoms with E-state index in [2.05, 4.69) is 33.0 Å². The zero-order chi connectivity index (χ0) is 16.1. The van der Waals surface area contributed by atoms with Crippen molar-refractivity contribution in [1.82, 2.24) is 15.5 Å². The van der Waals surface area contributed by atoms with Gasteiger partial charge in [0.2, 0.25) is 5.91 Å². The van der Waals surface area contributed by atoms with E-state index in [0.717, 1.165) is 52.1 Å². The fourth-order valence-corrected chi connectivity index (χ4v) is 4.28. The number of carbonyl (C=O) groups is 1. The smallest absolute Gasteiger partial charge is 0.240 e. The van der Waals surface area contributed by atoms with Gasteiger partial charge in [-0.15, -0.1) is 36.2 Å². The second-order valence-electron chi connectivity index (χ2n) is 6.61. The highest BCUT2D eigenvalue weighted by Gasteiger charge is 2.35. The number of thiophene rings is 1. The molecule has 0 aromatic carbocycles. The minimum atomic E-state index is -0.413. The normalized spacial score (nSPS) is 25.3. The highest BCUT2D eigenvalue weighted by Crippen LogP contribution is 2.26. The monoisotopic (exact) mass is 409 g/mol. The lowest BCUT2D eigenvalue weighted by Gasteiger charge is -2.36. The summed E-state index contributed by atoms with van der Waals surface area (Å²) in [5, 5.41) is 8.70. The van der Waals surface area contributed by atoms with Crippen LogP contribution in [0.1, 0.15) is 37.1 Å². The third-order valence-electron chi connectivity index (χ3n) is 4.93. The average Bonchev–Trinajstić information content (AvgIpc) is 3.11. The Labute approximate surface area is 166 Å². The van der Waals surface area contributed by atoms with Crippen molar-refractivity contribution in [2.24, 2.45) is 0 Å². The Bertz CT molecular complexity index is 504. The Morgan fingerprint density at radius 3 is 2.76 bits per heavy atom. The number of piperidine rings is 1. The Balaban J connectivity index is 0.00000156. The second-order valence-corrected chi connectivity index (χ2v) is 7.58. The van der Waals surface area contributed by atoms with Gasteiger partial charge in [0.05, 0.1) is 24.8 Å². The third-order valence-corrected chi connectivity index (χ3v) is 5.91. The molecule has 1 aromatic rings. The minimum Gasteiger partial charge on any atom is -0.379 e. The van der Waals surface area contributed by atoms with Crippen molar-refractivity contribution in [2.75, 3.05) is 39.4 Å². The Kier molecular flexibility index (Phi) is 9.70. The quantitative estimate of drug-likeness (QED) is 0.784. The Morgan fingerprint density at radius 2 is 2.16 bits per heavy atom. The van der Waals surface area contributed by atoms with Gasteiger partial charge < -0.3 is 15.4 Å². The molecule has 2 fully saturated rings. The maximum Gasteiger partial charge on any atom is 0.240 e. The van der Waals surface area contributed by atoms with Crippen LogP contribution in [0, 0.1) is 0 Å². The molecule has 2 N–H and O–H groups in total. The van der Waals surface area contributed by atoms with Crippen LogP contribution in [0.4, 0.5) is 0 Å². The summed E-state index contributed by atoms with van der Waals surface area (Å²) in [5.74, 6) is 0.131. The molecule has 0 bridgehead atoms. The van der Waals surface area contributed by atoms with Gasteiger partial charge in [-0.2, -0.15) is 0 Å². The standard InChI is InChI=1S/C17H27N3O2S.2ClH/c1-17(6-2-3-7-19-17)16(21)18-13-14(15-5-4-12-23-15)20-8-10-22-11-9-20;;/h4-5,12,14,19H,2-3,6-11,13H2,1H3,(H,18,21);2*1H. The first-order valence-electron chi connectivity index (χ1n) is 8.57. The predicted octanol–water partition coefficient (Wildman–Crippen LogP) is 2.61. The number of hydrogen-bond acceptors (Lipinski definition) is 5. The van der Waals surface area contributed by atoms with E-state index in [1.54, 1.807) is 11.3 Å². The number of ether oxygens (including phenoxy) is 1. The van der Waals surface area contributed by atoms with E-state index >= 15 is 0 Å². The number of amides is 1. The van der Waals surface area contributed by atoms with Gasteiger partial charge in [-0.1, -0.05) is 6.07 Å². The molecule has 3 rings (SSSR count). The average molecular weight is 410 g/mol. The number of rotatable bonds is 5. The van der Waals surface area contributed by atoms with Crippen LogP contribution in [0.25, 0.3) is 0 Å². The van der Waals surface area contributed by atoms with Crippen molar-refractivity contribution < 1.29 is 9.53 Å². The maximum atomic E-state index is 12.7. The van der Waals surface area contributed by atoms with Gasteiger partial charge in [0.1, 0.15) is 0 Å². The van der Waals surface area contributed by atoms with Crippen LogP contribution in [0.15, 0.2) is 17.5 Å². The van der Waals surface area contributed by atoms with E-state index in [4.69, 9.17) is 4.74 Å². The minimum absolute atomic E-state index is 0. The Morgan fingerprint density at radius 1 is 1.40 bits per heavy atom. The molecule has 144 valence electrons. The lowest BCUT2D eigenvalue weighted by atomic mass is 9.90. The predicted molar refractivity (Wildman–Crippen MR) is 107 cm³/mol. The molecule has 0 radical (unpaired) electrons. The van der Waals surface area contributed by atoms with Gasteiger partial charge in [0.25, 0.3) is 0 Å². The number of nitrogens with zero attached hydrogens (tertiary/aromatic N) is 1. The van der Waals surface area contributed by atoms with E-state index < -0.39 is 5.54 Å². The highest BCUT2D eigenvalue weighted by molar-refractivity contribution is 7.10. The van der Waals surface area contributed by atoms with Crippen LogP contribution >= 0.6 is 36.2 Å². The van der Waals surface area contributed by atoms with Crippen LogP contribution < -0.4 is 10.6 Å². The molecule has 2 aliphatic heterocycles. The summed E-state index contributed by atoms with van der Waals surface area (Å²) in [6.07, 6.45) is 3.20. The zero-order valence-electron chi connectivity index (χ0n) is 14.7. The molecule has 1 aromatic heterocycles. The van der Waals surface area contributed by atoms with Crippen molar-refractivity contribution in [2.45, 2.75) is 37.8 Å². The highest BCUT2D eigenvalue weighted by atomic mass is 35.5. The first-order valence-corrected chi connectivity index (χ1v) is 9.45. The third kappa shape index (κ3) is 5.81. The molecule has 2 unspecified atom stereocenters. The molecule has 8 heteroatoms. The Hall–Kier alpha value is -0.370. The summed E-state index contributed by atoms with van der Waals surface area (Å²) in [6.45, 7) is 7.01.